The summed E-state index contributed by atoms with van der Waals surface area (Å²) in [6.45, 7) is 13.9. The molecule has 1 unspecified atom stereocenters. The standard InChI is InChI=1S/C17H31FN2O4/c1-12(11-19-14(21)23-16(2,3)4)8-9-13(10-18)20-15(22)24-17(5,6)7/h13H,1,8-11H2,2-7H3,(H,19,21)(H,20,22). The first-order valence-corrected chi connectivity index (χ1v) is 8.01. The largest absolute Gasteiger partial charge is 0.444 e. The Morgan fingerprint density at radius 3 is 2.00 bits per heavy atom. The number of rotatable bonds is 7. The van der Waals surface area contributed by atoms with Crippen LogP contribution < -0.4 is 10.6 Å². The highest BCUT2D eigenvalue weighted by Gasteiger charge is 2.20. The second-order valence-electron chi connectivity index (χ2n) is 7.64. The molecule has 0 spiro atoms. The first-order valence-electron chi connectivity index (χ1n) is 8.01. The number of alkyl halides is 1. The number of amides is 2. The maximum absolute atomic E-state index is 13.0. The van der Waals surface area contributed by atoms with E-state index in [1.807, 2.05) is 0 Å². The van der Waals surface area contributed by atoms with Crippen molar-refractivity contribution >= 4 is 12.2 Å². The first-order chi connectivity index (χ1) is 10.8. The number of ether oxygens (including phenoxy) is 2. The van der Waals surface area contributed by atoms with Gasteiger partial charge in [0.2, 0.25) is 0 Å². The van der Waals surface area contributed by atoms with Crippen LogP contribution in [0.2, 0.25) is 0 Å². The summed E-state index contributed by atoms with van der Waals surface area (Å²) in [5.41, 5.74) is -0.487. The number of halogens is 1. The van der Waals surface area contributed by atoms with E-state index in [1.165, 1.54) is 0 Å². The van der Waals surface area contributed by atoms with Gasteiger partial charge in [0.05, 0.1) is 6.04 Å². The van der Waals surface area contributed by atoms with E-state index < -0.39 is 36.1 Å². The molecule has 1 atom stereocenters. The summed E-state index contributed by atoms with van der Waals surface area (Å²) in [5, 5.41) is 5.07. The fraction of sp³-hybridized carbons (Fsp3) is 0.765. The zero-order valence-electron chi connectivity index (χ0n) is 15.6. The molecule has 0 heterocycles. The number of carbonyl (C=O) groups is 2. The summed E-state index contributed by atoms with van der Waals surface area (Å²) in [6.07, 6.45) is -0.356. The van der Waals surface area contributed by atoms with E-state index in [4.69, 9.17) is 9.47 Å². The highest BCUT2D eigenvalue weighted by Crippen LogP contribution is 2.10. The van der Waals surface area contributed by atoms with E-state index in [2.05, 4.69) is 17.2 Å². The Balaban J connectivity index is 4.14. The van der Waals surface area contributed by atoms with Crippen LogP contribution in [0.1, 0.15) is 54.4 Å². The predicted octanol–water partition coefficient (Wildman–Crippen LogP) is 3.71. The Kier molecular flexibility index (Phi) is 8.78. The van der Waals surface area contributed by atoms with Gasteiger partial charge in [-0.3, -0.25) is 0 Å². The van der Waals surface area contributed by atoms with Crippen LogP contribution in [0.3, 0.4) is 0 Å². The fourth-order valence-electron chi connectivity index (χ4n) is 1.64. The number of carbonyl (C=O) groups excluding carboxylic acids is 2. The van der Waals surface area contributed by atoms with E-state index in [0.29, 0.717) is 18.4 Å². The van der Waals surface area contributed by atoms with Crippen LogP contribution in [0.4, 0.5) is 14.0 Å². The highest BCUT2D eigenvalue weighted by atomic mass is 19.1. The van der Waals surface area contributed by atoms with Crippen LogP contribution in [-0.4, -0.2) is 42.6 Å². The number of nitrogens with one attached hydrogen (secondary N) is 2. The maximum atomic E-state index is 13.0. The Morgan fingerprint density at radius 1 is 1.04 bits per heavy atom. The van der Waals surface area contributed by atoms with Gasteiger partial charge in [-0.05, 0) is 54.4 Å². The van der Waals surface area contributed by atoms with Crippen molar-refractivity contribution in [2.75, 3.05) is 13.2 Å². The molecule has 0 saturated heterocycles. The molecule has 2 amide bonds. The quantitative estimate of drug-likeness (QED) is 0.689. The van der Waals surface area contributed by atoms with Crippen LogP contribution in [-0.2, 0) is 9.47 Å². The highest BCUT2D eigenvalue weighted by molar-refractivity contribution is 5.68. The zero-order chi connectivity index (χ0) is 19.0. The topological polar surface area (TPSA) is 76.7 Å². The van der Waals surface area contributed by atoms with Gasteiger partial charge in [-0.25, -0.2) is 14.0 Å². The third kappa shape index (κ3) is 12.7. The van der Waals surface area contributed by atoms with Gasteiger partial charge in [-0.1, -0.05) is 12.2 Å². The summed E-state index contributed by atoms with van der Waals surface area (Å²) in [4.78, 5) is 23.2. The van der Waals surface area contributed by atoms with Crippen LogP contribution in [0.5, 0.6) is 0 Å². The zero-order valence-corrected chi connectivity index (χ0v) is 15.6. The summed E-state index contributed by atoms with van der Waals surface area (Å²) < 4.78 is 23.2. The van der Waals surface area contributed by atoms with Gasteiger partial charge in [-0.15, -0.1) is 0 Å². The average Bonchev–Trinajstić information content (AvgIpc) is 2.37. The van der Waals surface area contributed by atoms with E-state index in [9.17, 15) is 14.0 Å². The number of alkyl carbamates (subject to hydrolysis) is 2. The minimum absolute atomic E-state index is 0.236. The third-order valence-electron chi connectivity index (χ3n) is 2.64. The summed E-state index contributed by atoms with van der Waals surface area (Å²) >= 11 is 0. The minimum atomic E-state index is -0.702. The second kappa shape index (κ2) is 9.49. The van der Waals surface area contributed by atoms with Crippen molar-refractivity contribution < 1.29 is 23.5 Å². The van der Waals surface area contributed by atoms with Crippen LogP contribution >= 0.6 is 0 Å². The molecular formula is C17H31FN2O4. The van der Waals surface area contributed by atoms with E-state index in [0.717, 1.165) is 0 Å². The molecule has 0 aliphatic heterocycles. The lowest BCUT2D eigenvalue weighted by atomic mass is 10.1. The maximum Gasteiger partial charge on any atom is 0.407 e. The average molecular weight is 346 g/mol. The SMILES string of the molecule is C=C(CCC(CF)NC(=O)OC(C)(C)C)CNC(=O)OC(C)(C)C. The van der Waals surface area contributed by atoms with Gasteiger partial charge in [0.1, 0.15) is 17.9 Å². The summed E-state index contributed by atoms with van der Waals surface area (Å²) in [5.74, 6) is 0. The number of hydrogen-bond acceptors (Lipinski definition) is 4. The van der Waals surface area contributed by atoms with Gasteiger partial charge in [0.25, 0.3) is 0 Å². The van der Waals surface area contributed by atoms with E-state index in [1.54, 1.807) is 41.5 Å². The van der Waals surface area contributed by atoms with Crippen molar-refractivity contribution in [1.29, 1.82) is 0 Å². The lowest BCUT2D eigenvalue weighted by Crippen LogP contribution is -2.40. The molecule has 0 fully saturated rings. The van der Waals surface area contributed by atoms with E-state index in [-0.39, 0.29) is 6.54 Å². The molecule has 0 aliphatic carbocycles. The third-order valence-corrected chi connectivity index (χ3v) is 2.64. The Morgan fingerprint density at radius 2 is 1.54 bits per heavy atom. The molecule has 0 rings (SSSR count). The molecule has 0 aromatic rings. The van der Waals surface area contributed by atoms with Gasteiger partial charge in [-0.2, -0.15) is 0 Å². The van der Waals surface area contributed by atoms with Crippen LogP contribution in [0.25, 0.3) is 0 Å². The van der Waals surface area contributed by atoms with Gasteiger partial charge < -0.3 is 20.1 Å². The second-order valence-corrected chi connectivity index (χ2v) is 7.64. The molecule has 7 heteroatoms. The Labute approximate surface area is 144 Å². The van der Waals surface area contributed by atoms with Gasteiger partial charge in [0.15, 0.2) is 0 Å². The monoisotopic (exact) mass is 346 g/mol. The van der Waals surface area contributed by atoms with Gasteiger partial charge in [0, 0.05) is 6.54 Å². The summed E-state index contributed by atoms with van der Waals surface area (Å²) in [6, 6.07) is -0.655. The fourth-order valence-corrected chi connectivity index (χ4v) is 1.64. The predicted molar refractivity (Wildman–Crippen MR) is 91.7 cm³/mol. The normalized spacial score (nSPS) is 13.0. The van der Waals surface area contributed by atoms with Crippen molar-refractivity contribution in [3.8, 4) is 0 Å². The molecule has 0 saturated carbocycles. The van der Waals surface area contributed by atoms with Crippen molar-refractivity contribution in [3.05, 3.63) is 12.2 Å². The lowest BCUT2D eigenvalue weighted by molar-refractivity contribution is 0.0492. The van der Waals surface area contributed by atoms with Crippen molar-refractivity contribution in [2.24, 2.45) is 0 Å². The van der Waals surface area contributed by atoms with E-state index >= 15 is 0 Å². The Bertz CT molecular complexity index is 439. The van der Waals surface area contributed by atoms with Crippen molar-refractivity contribution in [1.82, 2.24) is 10.6 Å². The van der Waals surface area contributed by atoms with Crippen LogP contribution in [0, 0.1) is 0 Å². The molecule has 0 bridgehead atoms. The minimum Gasteiger partial charge on any atom is -0.444 e. The molecule has 0 radical (unpaired) electrons. The summed E-state index contributed by atoms with van der Waals surface area (Å²) in [7, 11) is 0. The molecule has 0 aliphatic rings. The molecule has 140 valence electrons. The van der Waals surface area contributed by atoms with Gasteiger partial charge >= 0.3 is 12.2 Å². The molecule has 2 N–H and O–H groups in total. The smallest absolute Gasteiger partial charge is 0.407 e. The molecule has 0 aromatic carbocycles. The molecule has 24 heavy (non-hydrogen) atoms. The first kappa shape index (κ1) is 22.2. The van der Waals surface area contributed by atoms with Crippen LogP contribution in [0.15, 0.2) is 12.2 Å². The molecule has 0 aromatic heterocycles. The van der Waals surface area contributed by atoms with Crippen molar-refractivity contribution in [2.45, 2.75) is 71.6 Å². The Hall–Kier alpha value is -1.79. The molecule has 6 nitrogen and oxygen atoms in total. The molecular weight excluding hydrogens is 315 g/mol. The van der Waals surface area contributed by atoms with Crippen molar-refractivity contribution in [3.63, 3.8) is 0 Å². The number of hydrogen-bond donors (Lipinski definition) is 2. The lowest BCUT2D eigenvalue weighted by Gasteiger charge is -2.22.